The number of carbonyl (C=O) groups excluding carboxylic acids is 2. The molecule has 2 rings (SSSR count). The van der Waals surface area contributed by atoms with Crippen molar-refractivity contribution in [2.75, 3.05) is 20.3 Å². The monoisotopic (exact) mass is 472 g/mol. The Kier molecular flexibility index (Phi) is 8.91. The molecule has 0 spiro atoms. The van der Waals surface area contributed by atoms with E-state index in [-0.39, 0.29) is 18.8 Å². The summed E-state index contributed by atoms with van der Waals surface area (Å²) in [5.41, 5.74) is 1.42. The first-order chi connectivity index (χ1) is 14.5. The van der Waals surface area contributed by atoms with Crippen LogP contribution in [0, 0.1) is 11.3 Å². The van der Waals surface area contributed by atoms with Crippen molar-refractivity contribution >= 4 is 33.9 Å². The second kappa shape index (κ2) is 11.6. The van der Waals surface area contributed by atoms with E-state index in [0.717, 1.165) is 5.56 Å². The van der Waals surface area contributed by atoms with Gasteiger partial charge in [0.1, 0.15) is 11.6 Å². The van der Waals surface area contributed by atoms with Crippen LogP contribution in [-0.2, 0) is 20.9 Å². The van der Waals surface area contributed by atoms with Crippen LogP contribution in [0.2, 0.25) is 0 Å². The minimum Gasteiger partial charge on any atom is -0.493 e. The first-order valence-electron chi connectivity index (χ1n) is 9.08. The van der Waals surface area contributed by atoms with Crippen LogP contribution in [0.1, 0.15) is 18.1 Å². The lowest BCUT2D eigenvalue weighted by Gasteiger charge is -2.13. The Hall–Kier alpha value is -3.31. The van der Waals surface area contributed by atoms with E-state index < -0.39 is 11.9 Å². The molecule has 0 unspecified atom stereocenters. The first-order valence-corrected chi connectivity index (χ1v) is 9.87. The number of amides is 1. The fraction of sp³-hybridized carbons (Fsp3) is 0.227. The van der Waals surface area contributed by atoms with E-state index >= 15 is 0 Å². The minimum atomic E-state index is -0.503. The van der Waals surface area contributed by atoms with Crippen molar-refractivity contribution in [1.82, 2.24) is 5.32 Å². The van der Waals surface area contributed by atoms with Gasteiger partial charge in [0.25, 0.3) is 5.91 Å². The molecule has 0 heterocycles. The Morgan fingerprint density at radius 2 is 1.97 bits per heavy atom. The van der Waals surface area contributed by atoms with Gasteiger partial charge in [-0.25, -0.2) is 4.79 Å². The number of halogens is 1. The van der Waals surface area contributed by atoms with Gasteiger partial charge in [-0.15, -0.1) is 0 Å². The maximum absolute atomic E-state index is 12.4. The topological polar surface area (TPSA) is 97.7 Å². The largest absolute Gasteiger partial charge is 0.493 e. The van der Waals surface area contributed by atoms with Crippen molar-refractivity contribution in [2.24, 2.45) is 0 Å². The predicted molar refractivity (Wildman–Crippen MR) is 115 cm³/mol. The molecule has 0 fully saturated rings. The molecule has 0 aromatic heterocycles. The molecule has 156 valence electrons. The zero-order chi connectivity index (χ0) is 21.9. The SMILES string of the molecule is CCOC(=O)COc1c(Br)cc(/C=C(/C#N)C(=O)NCc2ccccc2)cc1OC. The van der Waals surface area contributed by atoms with Gasteiger partial charge in [0.05, 0.1) is 18.2 Å². The molecule has 2 aromatic carbocycles. The second-order valence-corrected chi connectivity index (χ2v) is 6.82. The molecule has 0 aliphatic carbocycles. The number of hydrogen-bond donors (Lipinski definition) is 1. The van der Waals surface area contributed by atoms with Crippen LogP contribution >= 0.6 is 15.9 Å². The van der Waals surface area contributed by atoms with Crippen molar-refractivity contribution in [3.8, 4) is 17.6 Å². The van der Waals surface area contributed by atoms with Crippen LogP contribution in [0.25, 0.3) is 6.08 Å². The fourth-order valence-corrected chi connectivity index (χ4v) is 3.06. The summed E-state index contributed by atoms with van der Waals surface area (Å²) in [6.45, 7) is 2.00. The third-order valence-electron chi connectivity index (χ3n) is 3.86. The van der Waals surface area contributed by atoms with Gasteiger partial charge in [0.2, 0.25) is 0 Å². The maximum atomic E-state index is 12.4. The van der Waals surface area contributed by atoms with Gasteiger partial charge in [-0.1, -0.05) is 30.3 Å². The van der Waals surface area contributed by atoms with Crippen LogP contribution in [0.15, 0.2) is 52.5 Å². The smallest absolute Gasteiger partial charge is 0.344 e. The van der Waals surface area contributed by atoms with E-state index in [1.807, 2.05) is 36.4 Å². The molecule has 30 heavy (non-hydrogen) atoms. The highest BCUT2D eigenvalue weighted by molar-refractivity contribution is 9.10. The molecule has 0 bridgehead atoms. The zero-order valence-corrected chi connectivity index (χ0v) is 18.2. The lowest BCUT2D eigenvalue weighted by molar-refractivity contribution is -0.145. The number of carbonyl (C=O) groups is 2. The molecule has 0 saturated carbocycles. The number of benzene rings is 2. The molecule has 2 aromatic rings. The fourth-order valence-electron chi connectivity index (χ4n) is 2.49. The third-order valence-corrected chi connectivity index (χ3v) is 4.45. The van der Waals surface area contributed by atoms with Crippen LogP contribution < -0.4 is 14.8 Å². The third kappa shape index (κ3) is 6.64. The van der Waals surface area contributed by atoms with E-state index in [9.17, 15) is 14.9 Å². The molecule has 1 N–H and O–H groups in total. The van der Waals surface area contributed by atoms with Crippen molar-refractivity contribution in [2.45, 2.75) is 13.5 Å². The molecule has 0 aliphatic rings. The van der Waals surface area contributed by atoms with E-state index in [4.69, 9.17) is 14.2 Å². The summed E-state index contributed by atoms with van der Waals surface area (Å²) in [4.78, 5) is 23.9. The number of ether oxygens (including phenoxy) is 3. The molecule has 0 radical (unpaired) electrons. The quantitative estimate of drug-likeness (QED) is 0.340. The van der Waals surface area contributed by atoms with Gasteiger partial charge in [-0.3, -0.25) is 4.79 Å². The summed E-state index contributed by atoms with van der Waals surface area (Å²) in [6.07, 6.45) is 1.45. The molecular weight excluding hydrogens is 452 g/mol. The highest BCUT2D eigenvalue weighted by Crippen LogP contribution is 2.37. The zero-order valence-electron chi connectivity index (χ0n) is 16.6. The van der Waals surface area contributed by atoms with Crippen LogP contribution in [0.3, 0.4) is 0 Å². The summed E-state index contributed by atoms with van der Waals surface area (Å²) in [7, 11) is 1.45. The Bertz CT molecular complexity index is 967. The summed E-state index contributed by atoms with van der Waals surface area (Å²) in [5, 5.41) is 12.1. The predicted octanol–water partition coefficient (Wildman–Crippen LogP) is 3.62. The summed E-state index contributed by atoms with van der Waals surface area (Å²) >= 11 is 3.37. The molecule has 0 aliphatic heterocycles. The van der Waals surface area contributed by atoms with Gasteiger partial charge in [0.15, 0.2) is 18.1 Å². The van der Waals surface area contributed by atoms with Gasteiger partial charge in [0, 0.05) is 6.54 Å². The molecule has 1 amide bonds. The Morgan fingerprint density at radius 1 is 1.23 bits per heavy atom. The number of rotatable bonds is 9. The Balaban J connectivity index is 2.17. The highest BCUT2D eigenvalue weighted by atomic mass is 79.9. The summed E-state index contributed by atoms with van der Waals surface area (Å²) < 4.78 is 16.1. The number of hydrogen-bond acceptors (Lipinski definition) is 6. The molecule has 7 nitrogen and oxygen atoms in total. The van der Waals surface area contributed by atoms with E-state index in [0.29, 0.717) is 28.1 Å². The standard InChI is InChI=1S/C22H21BrN2O5/c1-3-29-20(26)14-30-21-18(23)10-16(11-19(21)28-2)9-17(12-24)22(27)25-13-15-7-5-4-6-8-15/h4-11H,3,13-14H2,1-2H3,(H,25,27)/b17-9-. The first kappa shape index (κ1) is 23.0. The van der Waals surface area contributed by atoms with Gasteiger partial charge in [-0.2, -0.15) is 5.26 Å². The number of nitriles is 1. The van der Waals surface area contributed by atoms with Gasteiger partial charge in [-0.05, 0) is 52.2 Å². The van der Waals surface area contributed by atoms with E-state index in [1.165, 1.54) is 13.2 Å². The van der Waals surface area contributed by atoms with Crippen molar-refractivity contribution < 1.29 is 23.8 Å². The number of nitrogens with zero attached hydrogens (tertiary/aromatic N) is 1. The number of nitrogens with one attached hydrogen (secondary N) is 1. The lowest BCUT2D eigenvalue weighted by Crippen LogP contribution is -2.23. The summed E-state index contributed by atoms with van der Waals surface area (Å²) in [6, 6.07) is 14.6. The number of methoxy groups -OCH3 is 1. The van der Waals surface area contributed by atoms with Crippen LogP contribution in [0.4, 0.5) is 0 Å². The maximum Gasteiger partial charge on any atom is 0.344 e. The molecule has 0 atom stereocenters. The lowest BCUT2D eigenvalue weighted by atomic mass is 10.1. The Morgan fingerprint density at radius 3 is 2.60 bits per heavy atom. The van der Waals surface area contributed by atoms with Crippen LogP contribution in [-0.4, -0.2) is 32.2 Å². The highest BCUT2D eigenvalue weighted by Gasteiger charge is 2.15. The molecule has 8 heteroatoms. The van der Waals surface area contributed by atoms with Gasteiger partial charge >= 0.3 is 5.97 Å². The van der Waals surface area contributed by atoms with E-state index in [1.54, 1.807) is 19.1 Å². The number of esters is 1. The average Bonchev–Trinajstić information content (AvgIpc) is 2.75. The normalized spacial score (nSPS) is 10.7. The van der Waals surface area contributed by atoms with E-state index in [2.05, 4.69) is 21.2 Å². The van der Waals surface area contributed by atoms with Crippen LogP contribution in [0.5, 0.6) is 11.5 Å². The van der Waals surface area contributed by atoms with Crippen molar-refractivity contribution in [3.05, 3.63) is 63.6 Å². The molecule has 0 saturated heterocycles. The summed E-state index contributed by atoms with van der Waals surface area (Å²) in [5.74, 6) is -0.340. The Labute approximate surface area is 183 Å². The van der Waals surface area contributed by atoms with Crippen molar-refractivity contribution in [1.29, 1.82) is 5.26 Å². The average molecular weight is 473 g/mol. The minimum absolute atomic E-state index is 0.0555. The second-order valence-electron chi connectivity index (χ2n) is 5.97. The van der Waals surface area contributed by atoms with Gasteiger partial charge < -0.3 is 19.5 Å². The molecular formula is C22H21BrN2O5. The van der Waals surface area contributed by atoms with Crippen molar-refractivity contribution in [3.63, 3.8) is 0 Å².